The lowest BCUT2D eigenvalue weighted by atomic mass is 10.0. The van der Waals surface area contributed by atoms with Crippen LogP contribution in [-0.2, 0) is 0 Å². The van der Waals surface area contributed by atoms with Crippen molar-refractivity contribution in [2.45, 2.75) is 0 Å². The summed E-state index contributed by atoms with van der Waals surface area (Å²) in [6, 6.07) is 17.0. The van der Waals surface area contributed by atoms with E-state index in [1.54, 1.807) is 12.1 Å². The molecule has 0 amide bonds. The summed E-state index contributed by atoms with van der Waals surface area (Å²) < 4.78 is 26.7. The summed E-state index contributed by atoms with van der Waals surface area (Å²) in [5.41, 5.74) is 4.89. The fourth-order valence-corrected chi connectivity index (χ4v) is 5.04. The molecule has 0 radical (unpaired) electrons. The molecule has 7 rings (SSSR count). The van der Waals surface area contributed by atoms with E-state index < -0.39 is 11.9 Å². The van der Waals surface area contributed by atoms with Crippen molar-refractivity contribution < 1.29 is 8.78 Å². The number of hydrogen-bond donors (Lipinski definition) is 0. The van der Waals surface area contributed by atoms with E-state index in [1.165, 1.54) is 24.5 Å². The maximum atomic E-state index is 13.4. The largest absolute Gasteiger partial charge is 0.241 e. The minimum atomic E-state index is -0.575. The van der Waals surface area contributed by atoms with Crippen molar-refractivity contribution in [3.63, 3.8) is 0 Å². The molecule has 0 N–H and O–H groups in total. The van der Waals surface area contributed by atoms with Gasteiger partial charge < -0.3 is 0 Å². The SMILES string of the molecule is [C-]#[N+]/N=c1/c2cc(-c3ccc(F)nc3)ccc2c2nc3/c(=N/[N+]#[C-])c4cc(-c5ccc(F)nc5)ccc4c3nc12. The molecular formula is C30H12F2N8. The van der Waals surface area contributed by atoms with Gasteiger partial charge in [0.25, 0.3) is 0 Å². The molecule has 0 bridgehead atoms. The zero-order valence-electron chi connectivity index (χ0n) is 20.3. The van der Waals surface area contributed by atoms with E-state index in [0.29, 0.717) is 54.7 Å². The summed E-state index contributed by atoms with van der Waals surface area (Å²) in [6.45, 7) is 14.8. The summed E-state index contributed by atoms with van der Waals surface area (Å²) in [5.74, 6) is -1.15. The van der Waals surface area contributed by atoms with Gasteiger partial charge in [0.15, 0.2) is 10.7 Å². The van der Waals surface area contributed by atoms with Crippen molar-refractivity contribution in [2.24, 2.45) is 10.2 Å². The van der Waals surface area contributed by atoms with Crippen molar-refractivity contribution in [1.29, 1.82) is 0 Å². The van der Waals surface area contributed by atoms with Gasteiger partial charge in [-0.1, -0.05) is 24.3 Å². The van der Waals surface area contributed by atoms with Gasteiger partial charge in [-0.15, -0.1) is 9.91 Å². The first-order chi connectivity index (χ1) is 19.6. The van der Waals surface area contributed by atoms with Crippen LogP contribution in [0.4, 0.5) is 8.78 Å². The van der Waals surface area contributed by atoms with E-state index in [2.05, 4.69) is 30.1 Å². The van der Waals surface area contributed by atoms with E-state index in [1.807, 2.05) is 36.4 Å². The molecule has 0 spiro atoms. The van der Waals surface area contributed by atoms with Crippen molar-refractivity contribution in [1.82, 2.24) is 19.9 Å². The lowest BCUT2D eigenvalue weighted by molar-refractivity contribution is 0.583. The van der Waals surface area contributed by atoms with Crippen LogP contribution in [-0.4, -0.2) is 19.9 Å². The van der Waals surface area contributed by atoms with Crippen LogP contribution in [0.15, 0.2) is 83.3 Å². The first-order valence-corrected chi connectivity index (χ1v) is 11.9. The Hall–Kier alpha value is -6.00. The van der Waals surface area contributed by atoms with Gasteiger partial charge in [-0.05, 0) is 47.5 Å². The molecule has 3 heterocycles. The number of fused-ring (bicyclic) bond motifs is 6. The molecule has 10 heteroatoms. The fraction of sp³-hybridized carbons (Fsp3) is 0. The summed E-state index contributed by atoms with van der Waals surface area (Å²) in [6.07, 6.45) is 2.88. The van der Waals surface area contributed by atoms with Gasteiger partial charge in [-0.2, -0.15) is 21.9 Å². The summed E-state index contributed by atoms with van der Waals surface area (Å²) >= 11 is 0. The average Bonchev–Trinajstić information content (AvgIpc) is 3.44. The van der Waals surface area contributed by atoms with Crippen LogP contribution in [0.25, 0.3) is 75.8 Å². The van der Waals surface area contributed by atoms with Gasteiger partial charge in [0.05, 0.1) is 21.2 Å². The highest BCUT2D eigenvalue weighted by atomic mass is 19.1. The molecule has 0 saturated heterocycles. The lowest BCUT2D eigenvalue weighted by Gasteiger charge is -2.01. The normalized spacial score (nSPS) is 12.5. The van der Waals surface area contributed by atoms with Crippen molar-refractivity contribution in [3.8, 4) is 22.3 Å². The number of halogens is 2. The second-order valence-electron chi connectivity index (χ2n) is 8.98. The molecule has 0 aliphatic carbocycles. The maximum absolute atomic E-state index is 13.4. The smallest absolute Gasteiger partial charge is 0.212 e. The van der Waals surface area contributed by atoms with Crippen LogP contribution in [0.3, 0.4) is 0 Å². The van der Waals surface area contributed by atoms with Crippen LogP contribution in [0.5, 0.6) is 0 Å². The van der Waals surface area contributed by atoms with Crippen LogP contribution < -0.4 is 10.7 Å². The molecule has 0 atom stereocenters. The minimum absolute atomic E-state index is 0.373. The van der Waals surface area contributed by atoms with E-state index in [-0.39, 0.29) is 0 Å². The lowest BCUT2D eigenvalue weighted by Crippen LogP contribution is -2.02. The van der Waals surface area contributed by atoms with Gasteiger partial charge in [0, 0.05) is 45.1 Å². The standard InChI is InChI=1S/C30H12F2N8/c1-33-39-27-21-11-15(17-5-9-23(31)35-13-17)3-7-19(21)25-29(27)37-26-20-8-4-16(18-6-10-24(32)36-14-18)12-22(20)28(40-34-2)30(26)38-25/h3-14H/b39-27-,40-28+. The number of benzene rings is 2. The van der Waals surface area contributed by atoms with Crippen molar-refractivity contribution in [2.75, 3.05) is 0 Å². The van der Waals surface area contributed by atoms with Crippen LogP contribution in [0.1, 0.15) is 0 Å². The summed E-state index contributed by atoms with van der Waals surface area (Å²) in [7, 11) is 0. The highest BCUT2D eigenvalue weighted by molar-refractivity contribution is 6.15. The maximum Gasteiger partial charge on any atom is 0.212 e. The number of rotatable bonds is 2. The molecule has 7 aromatic rings. The monoisotopic (exact) mass is 522 g/mol. The minimum Gasteiger partial charge on any atom is -0.241 e. The Morgan fingerprint density at radius 2 is 0.950 bits per heavy atom. The second kappa shape index (κ2) is 8.79. The first-order valence-electron chi connectivity index (χ1n) is 11.9. The predicted molar refractivity (Wildman–Crippen MR) is 145 cm³/mol. The molecule has 0 unspecified atom stereocenters. The van der Waals surface area contributed by atoms with Gasteiger partial charge in [0.2, 0.25) is 11.9 Å². The topological polar surface area (TPSA) is 85.0 Å². The van der Waals surface area contributed by atoms with Gasteiger partial charge in [-0.3, -0.25) is 0 Å². The van der Waals surface area contributed by atoms with Crippen LogP contribution in [0, 0.1) is 25.0 Å². The van der Waals surface area contributed by atoms with Crippen LogP contribution in [0.2, 0.25) is 0 Å². The Morgan fingerprint density at radius 3 is 1.32 bits per heavy atom. The third-order valence-electron chi connectivity index (χ3n) is 6.83. The Morgan fingerprint density at radius 1 is 0.525 bits per heavy atom. The quantitative estimate of drug-likeness (QED) is 0.162. The first kappa shape index (κ1) is 23.1. The molecule has 186 valence electrons. The molecule has 0 aliphatic heterocycles. The zero-order valence-corrected chi connectivity index (χ0v) is 20.3. The number of nitrogens with zero attached hydrogens (tertiary/aromatic N) is 8. The van der Waals surface area contributed by atoms with E-state index in [4.69, 9.17) is 23.1 Å². The van der Waals surface area contributed by atoms with E-state index >= 15 is 0 Å². The number of pyridine rings is 2. The number of aromatic nitrogens is 4. The Labute approximate surface area is 223 Å². The molecule has 0 saturated carbocycles. The summed E-state index contributed by atoms with van der Waals surface area (Å²) in [4.78, 5) is 23.8. The van der Waals surface area contributed by atoms with E-state index in [0.717, 1.165) is 21.9 Å². The fourth-order valence-electron chi connectivity index (χ4n) is 5.04. The third kappa shape index (κ3) is 3.48. The Kier molecular flexibility index (Phi) is 5.09. The highest BCUT2D eigenvalue weighted by Crippen LogP contribution is 2.32. The zero-order chi connectivity index (χ0) is 27.4. The van der Waals surface area contributed by atoms with E-state index in [9.17, 15) is 8.78 Å². The molecule has 4 aromatic carbocycles. The van der Waals surface area contributed by atoms with Gasteiger partial charge in [0.1, 0.15) is 11.0 Å². The molecule has 8 nitrogen and oxygen atoms in total. The Bertz CT molecular complexity index is 2190. The molecular weight excluding hydrogens is 510 g/mol. The second-order valence-corrected chi connectivity index (χ2v) is 8.98. The molecule has 0 fully saturated rings. The Balaban J connectivity index is 1.54. The summed E-state index contributed by atoms with van der Waals surface area (Å²) in [5, 5.41) is 11.7. The average molecular weight is 522 g/mol. The molecule has 0 aliphatic rings. The van der Waals surface area contributed by atoms with Crippen molar-refractivity contribution in [3.05, 3.63) is 119 Å². The molecule has 40 heavy (non-hydrogen) atoms. The van der Waals surface area contributed by atoms with Gasteiger partial charge >= 0.3 is 0 Å². The predicted octanol–water partition coefficient (Wildman–Crippen LogP) is 5.84. The van der Waals surface area contributed by atoms with Crippen molar-refractivity contribution >= 4 is 43.6 Å². The third-order valence-corrected chi connectivity index (χ3v) is 6.83. The number of hydrogen-bond acceptors (Lipinski definition) is 6. The van der Waals surface area contributed by atoms with Crippen LogP contribution >= 0.6 is 0 Å². The highest BCUT2D eigenvalue weighted by Gasteiger charge is 2.20. The van der Waals surface area contributed by atoms with Gasteiger partial charge in [-0.25, -0.2) is 19.9 Å². The molecule has 3 aromatic heterocycles.